The molecule has 3 nitrogen and oxygen atoms in total. The van der Waals surface area contributed by atoms with E-state index in [9.17, 15) is 5.26 Å². The van der Waals surface area contributed by atoms with Gasteiger partial charge >= 0.3 is 0 Å². The molecule has 1 unspecified atom stereocenters. The number of nitriles is 1. The molecule has 0 heterocycles. The van der Waals surface area contributed by atoms with Crippen molar-refractivity contribution in [2.24, 2.45) is 0 Å². The van der Waals surface area contributed by atoms with Crippen LogP contribution in [-0.2, 0) is 0 Å². The number of hydrogen-bond acceptors (Lipinski definition) is 3. The van der Waals surface area contributed by atoms with Crippen molar-refractivity contribution in [3.05, 3.63) is 0 Å². The lowest BCUT2D eigenvalue weighted by atomic mass is 9.99. The van der Waals surface area contributed by atoms with Crippen LogP contribution < -0.4 is 5.32 Å². The number of hydrogen-bond donors (Lipinski definition) is 1. The van der Waals surface area contributed by atoms with Gasteiger partial charge in [-0.2, -0.15) is 5.26 Å². The van der Waals surface area contributed by atoms with Gasteiger partial charge in [0.2, 0.25) is 0 Å². The Morgan fingerprint density at radius 2 is 2.06 bits per heavy atom. The standard InChI is InChI=1S/C14H27N3/c1-4-6-10-17(13-7-8-13)11-9-14(3,12-15)16-5-2/h13,16H,4-11H2,1-3H3. The third-order valence-corrected chi connectivity index (χ3v) is 3.57. The van der Waals surface area contributed by atoms with Gasteiger partial charge < -0.3 is 4.90 Å². The first-order chi connectivity index (χ1) is 8.15. The summed E-state index contributed by atoms with van der Waals surface area (Å²) in [5.41, 5.74) is -0.353. The number of rotatable bonds is 9. The summed E-state index contributed by atoms with van der Waals surface area (Å²) < 4.78 is 0. The minimum absolute atomic E-state index is 0.353. The van der Waals surface area contributed by atoms with Gasteiger partial charge in [-0.25, -0.2) is 0 Å². The molecule has 98 valence electrons. The molecule has 0 saturated heterocycles. The number of nitrogens with one attached hydrogen (secondary N) is 1. The SMILES string of the molecule is CCCCN(CCC(C)(C#N)NCC)C1CC1. The van der Waals surface area contributed by atoms with E-state index in [1.54, 1.807) is 0 Å². The molecule has 0 radical (unpaired) electrons. The molecule has 0 spiro atoms. The first-order valence-corrected chi connectivity index (χ1v) is 7.05. The normalized spacial score (nSPS) is 19.0. The summed E-state index contributed by atoms with van der Waals surface area (Å²) in [4.78, 5) is 2.58. The van der Waals surface area contributed by atoms with Crippen LogP contribution in [0.15, 0.2) is 0 Å². The third kappa shape index (κ3) is 5.06. The molecule has 1 saturated carbocycles. The van der Waals surface area contributed by atoms with Crippen LogP contribution in [-0.4, -0.2) is 36.1 Å². The molecule has 0 bridgehead atoms. The van der Waals surface area contributed by atoms with Crippen LogP contribution in [0.3, 0.4) is 0 Å². The third-order valence-electron chi connectivity index (χ3n) is 3.57. The van der Waals surface area contributed by atoms with Gasteiger partial charge in [0, 0.05) is 12.6 Å². The predicted octanol–water partition coefficient (Wildman–Crippen LogP) is 2.53. The second-order valence-corrected chi connectivity index (χ2v) is 5.34. The fraction of sp³-hybridized carbons (Fsp3) is 0.929. The van der Waals surface area contributed by atoms with Crippen molar-refractivity contribution in [2.45, 2.75) is 64.5 Å². The highest BCUT2D eigenvalue weighted by molar-refractivity contribution is 5.04. The largest absolute Gasteiger partial charge is 0.300 e. The summed E-state index contributed by atoms with van der Waals surface area (Å²) in [6, 6.07) is 3.22. The monoisotopic (exact) mass is 237 g/mol. The minimum Gasteiger partial charge on any atom is -0.300 e. The summed E-state index contributed by atoms with van der Waals surface area (Å²) in [5.74, 6) is 0. The van der Waals surface area contributed by atoms with E-state index in [-0.39, 0.29) is 5.54 Å². The van der Waals surface area contributed by atoms with E-state index >= 15 is 0 Å². The second-order valence-electron chi connectivity index (χ2n) is 5.34. The van der Waals surface area contributed by atoms with Crippen LogP contribution in [0.2, 0.25) is 0 Å². The highest BCUT2D eigenvalue weighted by atomic mass is 15.2. The fourth-order valence-electron chi connectivity index (χ4n) is 2.22. The van der Waals surface area contributed by atoms with Gasteiger partial charge in [0.1, 0.15) is 5.54 Å². The zero-order chi connectivity index (χ0) is 12.7. The van der Waals surface area contributed by atoms with E-state index in [4.69, 9.17) is 0 Å². The Morgan fingerprint density at radius 3 is 2.53 bits per heavy atom. The zero-order valence-electron chi connectivity index (χ0n) is 11.6. The van der Waals surface area contributed by atoms with Crippen molar-refractivity contribution in [2.75, 3.05) is 19.6 Å². The fourth-order valence-corrected chi connectivity index (χ4v) is 2.22. The Balaban J connectivity index is 2.36. The molecule has 1 rings (SSSR count). The molecule has 0 aromatic rings. The Bertz CT molecular complexity index is 255. The molecule has 1 fully saturated rings. The number of unbranched alkanes of at least 4 members (excludes halogenated alkanes) is 1. The average molecular weight is 237 g/mol. The quantitative estimate of drug-likeness (QED) is 0.670. The molecule has 1 aliphatic rings. The Hall–Kier alpha value is -0.590. The van der Waals surface area contributed by atoms with Crippen LogP contribution in [0, 0.1) is 11.3 Å². The maximum absolute atomic E-state index is 9.23. The predicted molar refractivity (Wildman–Crippen MR) is 71.8 cm³/mol. The second kappa shape index (κ2) is 6.98. The minimum atomic E-state index is -0.353. The molecular formula is C14H27N3. The van der Waals surface area contributed by atoms with Gasteiger partial charge in [-0.1, -0.05) is 20.3 Å². The molecule has 0 amide bonds. The first kappa shape index (κ1) is 14.5. The Labute approximate surface area is 106 Å². The molecule has 0 aromatic heterocycles. The van der Waals surface area contributed by atoms with Crippen molar-refractivity contribution < 1.29 is 0 Å². The molecule has 0 aromatic carbocycles. The topological polar surface area (TPSA) is 39.1 Å². The van der Waals surface area contributed by atoms with Crippen molar-refractivity contribution in [1.29, 1.82) is 5.26 Å². The zero-order valence-corrected chi connectivity index (χ0v) is 11.6. The van der Waals surface area contributed by atoms with Crippen molar-refractivity contribution in [1.82, 2.24) is 10.2 Å². The van der Waals surface area contributed by atoms with E-state index in [0.29, 0.717) is 0 Å². The number of nitrogens with zero attached hydrogens (tertiary/aromatic N) is 2. The van der Waals surface area contributed by atoms with E-state index in [2.05, 4.69) is 30.1 Å². The van der Waals surface area contributed by atoms with E-state index in [0.717, 1.165) is 25.6 Å². The Morgan fingerprint density at radius 1 is 1.35 bits per heavy atom. The van der Waals surface area contributed by atoms with Gasteiger partial charge in [0.05, 0.1) is 6.07 Å². The lowest BCUT2D eigenvalue weighted by Gasteiger charge is -2.28. The molecule has 0 aliphatic heterocycles. The van der Waals surface area contributed by atoms with E-state index in [1.807, 2.05) is 6.92 Å². The molecule has 17 heavy (non-hydrogen) atoms. The summed E-state index contributed by atoms with van der Waals surface area (Å²) in [5, 5.41) is 12.5. The summed E-state index contributed by atoms with van der Waals surface area (Å²) in [6.07, 6.45) is 6.17. The first-order valence-electron chi connectivity index (χ1n) is 7.05. The highest BCUT2D eigenvalue weighted by Crippen LogP contribution is 2.28. The van der Waals surface area contributed by atoms with Crippen LogP contribution >= 0.6 is 0 Å². The van der Waals surface area contributed by atoms with Gasteiger partial charge in [-0.15, -0.1) is 0 Å². The van der Waals surface area contributed by atoms with Crippen LogP contribution in [0.5, 0.6) is 0 Å². The smallest absolute Gasteiger partial charge is 0.105 e. The van der Waals surface area contributed by atoms with Gasteiger partial charge in [0.15, 0.2) is 0 Å². The molecule has 1 aliphatic carbocycles. The maximum Gasteiger partial charge on any atom is 0.105 e. The lowest BCUT2D eigenvalue weighted by molar-refractivity contribution is 0.233. The molecule has 3 heteroatoms. The summed E-state index contributed by atoms with van der Waals surface area (Å²) in [7, 11) is 0. The van der Waals surface area contributed by atoms with Crippen LogP contribution in [0.1, 0.15) is 52.9 Å². The van der Waals surface area contributed by atoms with Crippen LogP contribution in [0.25, 0.3) is 0 Å². The summed E-state index contributed by atoms with van der Waals surface area (Å²) >= 11 is 0. The maximum atomic E-state index is 9.23. The van der Waals surface area contributed by atoms with Gasteiger partial charge in [0.25, 0.3) is 0 Å². The Kier molecular flexibility index (Phi) is 5.94. The van der Waals surface area contributed by atoms with E-state index < -0.39 is 0 Å². The average Bonchev–Trinajstić information content (AvgIpc) is 3.14. The van der Waals surface area contributed by atoms with Crippen molar-refractivity contribution in [3.8, 4) is 6.07 Å². The van der Waals surface area contributed by atoms with Crippen molar-refractivity contribution >= 4 is 0 Å². The summed E-state index contributed by atoms with van der Waals surface area (Å²) in [6.45, 7) is 9.44. The van der Waals surface area contributed by atoms with Gasteiger partial charge in [-0.3, -0.25) is 5.32 Å². The lowest BCUT2D eigenvalue weighted by Crippen LogP contribution is -2.44. The highest BCUT2D eigenvalue weighted by Gasteiger charge is 2.30. The van der Waals surface area contributed by atoms with Gasteiger partial charge in [-0.05, 0) is 45.7 Å². The molecular weight excluding hydrogens is 210 g/mol. The molecule has 1 atom stereocenters. The molecule has 1 N–H and O–H groups in total. The van der Waals surface area contributed by atoms with Crippen LogP contribution in [0.4, 0.5) is 0 Å². The van der Waals surface area contributed by atoms with E-state index in [1.165, 1.54) is 32.2 Å². The van der Waals surface area contributed by atoms with Crippen molar-refractivity contribution in [3.63, 3.8) is 0 Å².